The first-order valence-corrected chi connectivity index (χ1v) is 8.38. The summed E-state index contributed by atoms with van der Waals surface area (Å²) in [5.74, 6) is 1.26. The van der Waals surface area contributed by atoms with Crippen molar-refractivity contribution in [1.29, 1.82) is 0 Å². The molecule has 0 bridgehead atoms. The minimum Gasteiger partial charge on any atom is -0.356 e. The molecule has 0 saturated heterocycles. The van der Waals surface area contributed by atoms with Crippen LogP contribution in [0.2, 0.25) is 0 Å². The van der Waals surface area contributed by atoms with Gasteiger partial charge in [-0.1, -0.05) is 36.8 Å². The lowest BCUT2D eigenvalue weighted by atomic mass is 10.0. The van der Waals surface area contributed by atoms with E-state index in [0.717, 1.165) is 24.7 Å². The maximum absolute atomic E-state index is 4.28. The lowest BCUT2D eigenvalue weighted by Crippen LogP contribution is -2.38. The first kappa shape index (κ1) is 19.9. The van der Waals surface area contributed by atoms with Crippen molar-refractivity contribution >= 4 is 41.3 Å². The van der Waals surface area contributed by atoms with Gasteiger partial charge in [0, 0.05) is 18.5 Å². The van der Waals surface area contributed by atoms with Gasteiger partial charge < -0.3 is 10.6 Å². The molecule has 1 heterocycles. The average Bonchev–Trinajstić information content (AvgIpc) is 2.93. The van der Waals surface area contributed by atoms with E-state index in [9.17, 15) is 0 Å². The van der Waals surface area contributed by atoms with Gasteiger partial charge >= 0.3 is 0 Å². The Hall–Kier alpha value is -1.15. The number of nitrogens with zero attached hydrogens (tertiary/aromatic N) is 2. The molecule has 0 aliphatic carbocycles. The second kappa shape index (κ2) is 9.87. The van der Waals surface area contributed by atoms with Gasteiger partial charge in [-0.05, 0) is 25.3 Å². The van der Waals surface area contributed by atoms with Gasteiger partial charge in [-0.2, -0.15) is 0 Å². The Bertz CT molecular complexity index is 622. The highest BCUT2D eigenvalue weighted by Gasteiger charge is 2.07. The van der Waals surface area contributed by atoms with Crippen LogP contribution in [-0.2, 0) is 6.54 Å². The Balaban J connectivity index is 0.00000264. The number of nitrogens with one attached hydrogen (secondary N) is 2. The van der Waals surface area contributed by atoms with Crippen molar-refractivity contribution < 1.29 is 0 Å². The SMILES string of the molecule is CN=C(NCc1scnc1C)NCC(C)c1ccc(C)cc1.I. The molecule has 126 valence electrons. The number of rotatable bonds is 5. The van der Waals surface area contributed by atoms with E-state index in [-0.39, 0.29) is 24.0 Å². The minimum atomic E-state index is 0. The van der Waals surface area contributed by atoms with Crippen molar-refractivity contribution in [2.45, 2.75) is 33.2 Å². The molecule has 1 unspecified atom stereocenters. The van der Waals surface area contributed by atoms with Gasteiger partial charge in [0.05, 0.1) is 17.7 Å². The van der Waals surface area contributed by atoms with E-state index in [0.29, 0.717) is 5.92 Å². The fraction of sp³-hybridized carbons (Fsp3) is 0.412. The summed E-state index contributed by atoms with van der Waals surface area (Å²) in [5, 5.41) is 6.73. The van der Waals surface area contributed by atoms with Crippen molar-refractivity contribution in [1.82, 2.24) is 15.6 Å². The number of aromatic nitrogens is 1. The fourth-order valence-electron chi connectivity index (χ4n) is 2.14. The first-order chi connectivity index (χ1) is 10.6. The predicted molar refractivity (Wildman–Crippen MR) is 110 cm³/mol. The normalized spacial score (nSPS) is 12.4. The van der Waals surface area contributed by atoms with Gasteiger partial charge in [0.1, 0.15) is 0 Å². The van der Waals surface area contributed by atoms with Crippen molar-refractivity contribution in [3.8, 4) is 0 Å². The van der Waals surface area contributed by atoms with E-state index in [1.54, 1.807) is 18.4 Å². The topological polar surface area (TPSA) is 49.3 Å². The molecule has 0 saturated carbocycles. The fourth-order valence-corrected chi connectivity index (χ4v) is 2.86. The van der Waals surface area contributed by atoms with Crippen LogP contribution in [0.5, 0.6) is 0 Å². The molecule has 23 heavy (non-hydrogen) atoms. The molecule has 2 N–H and O–H groups in total. The summed E-state index contributed by atoms with van der Waals surface area (Å²) >= 11 is 1.67. The number of aliphatic imine (C=N–C) groups is 1. The molecule has 0 amide bonds. The molecule has 1 aromatic heterocycles. The Labute approximate surface area is 159 Å². The molecule has 0 radical (unpaired) electrons. The standard InChI is InChI=1S/C17H24N4S.HI/c1-12-5-7-15(8-6-12)13(2)9-19-17(18-4)20-10-16-14(3)21-11-22-16;/h5-8,11,13H,9-10H2,1-4H3,(H2,18,19,20);1H. The number of halogens is 1. The number of guanidine groups is 1. The van der Waals surface area contributed by atoms with Crippen molar-refractivity contribution in [2.24, 2.45) is 4.99 Å². The molecule has 6 heteroatoms. The average molecular weight is 444 g/mol. The number of benzene rings is 1. The van der Waals surface area contributed by atoms with Crippen LogP contribution in [0.4, 0.5) is 0 Å². The molecule has 0 spiro atoms. The van der Waals surface area contributed by atoms with E-state index in [1.807, 2.05) is 12.4 Å². The second-order valence-corrected chi connectivity index (χ2v) is 6.42. The monoisotopic (exact) mass is 444 g/mol. The molecule has 1 aromatic carbocycles. The lowest BCUT2D eigenvalue weighted by molar-refractivity contribution is 0.699. The van der Waals surface area contributed by atoms with Crippen molar-refractivity contribution in [3.05, 3.63) is 51.5 Å². The largest absolute Gasteiger partial charge is 0.356 e. The summed E-state index contributed by atoms with van der Waals surface area (Å²) in [7, 11) is 1.80. The Morgan fingerprint density at radius 3 is 2.48 bits per heavy atom. The van der Waals surface area contributed by atoms with Crippen LogP contribution in [0.15, 0.2) is 34.8 Å². The molecule has 2 aromatic rings. The third kappa shape index (κ3) is 6.10. The van der Waals surface area contributed by atoms with E-state index < -0.39 is 0 Å². The molecule has 4 nitrogen and oxygen atoms in total. The van der Waals surface area contributed by atoms with E-state index in [1.165, 1.54) is 16.0 Å². The van der Waals surface area contributed by atoms with Crippen LogP contribution in [0.25, 0.3) is 0 Å². The molecule has 2 rings (SSSR count). The maximum Gasteiger partial charge on any atom is 0.191 e. The number of thiazole rings is 1. The van der Waals surface area contributed by atoms with Crippen molar-refractivity contribution in [3.63, 3.8) is 0 Å². The van der Waals surface area contributed by atoms with Gasteiger partial charge in [0.15, 0.2) is 5.96 Å². The third-order valence-electron chi connectivity index (χ3n) is 3.71. The van der Waals surface area contributed by atoms with Crippen LogP contribution in [0, 0.1) is 13.8 Å². The van der Waals surface area contributed by atoms with Crippen LogP contribution >= 0.6 is 35.3 Å². The van der Waals surface area contributed by atoms with Crippen molar-refractivity contribution in [2.75, 3.05) is 13.6 Å². The van der Waals surface area contributed by atoms with E-state index >= 15 is 0 Å². The summed E-state index contributed by atoms with van der Waals surface area (Å²) in [6.45, 7) is 7.97. The summed E-state index contributed by atoms with van der Waals surface area (Å²) in [5.41, 5.74) is 5.59. The highest BCUT2D eigenvalue weighted by atomic mass is 127. The summed E-state index contributed by atoms with van der Waals surface area (Å²) in [4.78, 5) is 9.78. The highest BCUT2D eigenvalue weighted by molar-refractivity contribution is 14.0. The zero-order valence-electron chi connectivity index (χ0n) is 14.1. The smallest absolute Gasteiger partial charge is 0.191 e. The predicted octanol–water partition coefficient (Wildman–Crippen LogP) is 3.85. The number of hydrogen-bond acceptors (Lipinski definition) is 3. The van der Waals surface area contributed by atoms with Gasteiger partial charge in [-0.25, -0.2) is 4.98 Å². The zero-order chi connectivity index (χ0) is 15.9. The molecular weight excluding hydrogens is 419 g/mol. The molecule has 0 aliphatic heterocycles. The lowest BCUT2D eigenvalue weighted by Gasteiger charge is -2.16. The zero-order valence-corrected chi connectivity index (χ0v) is 17.2. The maximum atomic E-state index is 4.28. The third-order valence-corrected chi connectivity index (χ3v) is 4.64. The highest BCUT2D eigenvalue weighted by Crippen LogP contribution is 2.15. The van der Waals surface area contributed by atoms with Crippen LogP contribution < -0.4 is 10.6 Å². The van der Waals surface area contributed by atoms with Crippen LogP contribution in [0.1, 0.15) is 34.5 Å². The number of hydrogen-bond donors (Lipinski definition) is 2. The van der Waals surface area contributed by atoms with Gasteiger partial charge in [-0.15, -0.1) is 35.3 Å². The summed E-state index contributed by atoms with van der Waals surface area (Å²) < 4.78 is 0. The molecule has 1 atom stereocenters. The number of aryl methyl sites for hydroxylation is 2. The quantitative estimate of drug-likeness (QED) is 0.419. The molecular formula is C17H25IN4S. The van der Waals surface area contributed by atoms with Crippen LogP contribution in [-0.4, -0.2) is 24.5 Å². The molecule has 0 aliphatic rings. The van der Waals surface area contributed by atoms with E-state index in [2.05, 4.69) is 58.7 Å². The Morgan fingerprint density at radius 2 is 1.91 bits per heavy atom. The van der Waals surface area contributed by atoms with Crippen LogP contribution in [0.3, 0.4) is 0 Å². The van der Waals surface area contributed by atoms with E-state index in [4.69, 9.17) is 0 Å². The Morgan fingerprint density at radius 1 is 1.22 bits per heavy atom. The molecule has 0 fully saturated rings. The first-order valence-electron chi connectivity index (χ1n) is 7.50. The van der Waals surface area contributed by atoms with Gasteiger partial charge in [-0.3, -0.25) is 4.99 Å². The van der Waals surface area contributed by atoms with Gasteiger partial charge in [0.25, 0.3) is 0 Å². The second-order valence-electron chi connectivity index (χ2n) is 5.48. The van der Waals surface area contributed by atoms with Gasteiger partial charge in [0.2, 0.25) is 0 Å². The summed E-state index contributed by atoms with van der Waals surface area (Å²) in [6.07, 6.45) is 0. The summed E-state index contributed by atoms with van der Waals surface area (Å²) in [6, 6.07) is 8.70. The minimum absolute atomic E-state index is 0. The Kier molecular flexibility index (Phi) is 8.54.